The number of halogens is 2. The van der Waals surface area contributed by atoms with Gasteiger partial charge in [-0.2, -0.15) is 0 Å². The third-order valence-corrected chi connectivity index (χ3v) is 2.83. The highest BCUT2D eigenvalue weighted by atomic mass is 79.9. The SMILES string of the molecule is [O-]c1c(Br)cc(Br)cc1C[NH2+]CCO. The number of hydrogen-bond donors (Lipinski definition) is 2. The summed E-state index contributed by atoms with van der Waals surface area (Å²) in [5.74, 6) is 0.0161. The lowest BCUT2D eigenvalue weighted by Gasteiger charge is -2.15. The molecule has 0 saturated heterocycles. The van der Waals surface area contributed by atoms with E-state index < -0.39 is 0 Å². The molecule has 0 aliphatic carbocycles. The van der Waals surface area contributed by atoms with Crippen LogP contribution in [0.25, 0.3) is 0 Å². The van der Waals surface area contributed by atoms with Crippen LogP contribution in [0.3, 0.4) is 0 Å². The van der Waals surface area contributed by atoms with Gasteiger partial charge in [-0.1, -0.05) is 37.6 Å². The Balaban J connectivity index is 2.75. The van der Waals surface area contributed by atoms with Crippen molar-refractivity contribution in [1.29, 1.82) is 0 Å². The molecule has 0 unspecified atom stereocenters. The van der Waals surface area contributed by atoms with Crippen LogP contribution >= 0.6 is 31.9 Å². The second-order valence-corrected chi connectivity index (χ2v) is 4.65. The molecule has 0 spiro atoms. The lowest BCUT2D eigenvalue weighted by atomic mass is 10.2. The first kappa shape index (κ1) is 12.0. The molecular weight excluding hydrogens is 314 g/mol. The molecule has 0 fully saturated rings. The quantitative estimate of drug-likeness (QED) is 0.785. The molecule has 5 heteroatoms. The van der Waals surface area contributed by atoms with Crippen molar-refractivity contribution >= 4 is 31.9 Å². The van der Waals surface area contributed by atoms with E-state index in [4.69, 9.17) is 5.11 Å². The average molecular weight is 325 g/mol. The number of quaternary nitrogens is 1. The Kier molecular flexibility index (Phi) is 4.88. The number of benzene rings is 1. The van der Waals surface area contributed by atoms with Gasteiger partial charge in [-0.05, 0) is 12.1 Å². The third-order valence-electron chi connectivity index (χ3n) is 1.78. The molecule has 0 bridgehead atoms. The second-order valence-electron chi connectivity index (χ2n) is 2.88. The van der Waals surface area contributed by atoms with Crippen LogP contribution in [0.2, 0.25) is 0 Å². The number of aliphatic hydroxyl groups excluding tert-OH is 1. The van der Waals surface area contributed by atoms with Gasteiger partial charge < -0.3 is 15.5 Å². The van der Waals surface area contributed by atoms with Crippen molar-refractivity contribution in [3.63, 3.8) is 0 Å². The first-order valence-electron chi connectivity index (χ1n) is 4.22. The zero-order chi connectivity index (χ0) is 10.6. The summed E-state index contributed by atoms with van der Waals surface area (Å²) in [6.07, 6.45) is 0. The van der Waals surface area contributed by atoms with Gasteiger partial charge >= 0.3 is 0 Å². The van der Waals surface area contributed by atoms with E-state index in [0.29, 0.717) is 17.6 Å². The van der Waals surface area contributed by atoms with Crippen LogP contribution < -0.4 is 10.4 Å². The molecule has 1 aromatic rings. The lowest BCUT2D eigenvalue weighted by molar-refractivity contribution is -0.672. The summed E-state index contributed by atoms with van der Waals surface area (Å²) in [6.45, 7) is 1.34. The summed E-state index contributed by atoms with van der Waals surface area (Å²) >= 11 is 6.52. The van der Waals surface area contributed by atoms with Gasteiger partial charge in [0.05, 0.1) is 13.2 Å². The molecular formula is C9H11Br2NO2. The smallest absolute Gasteiger partial charge is 0.101 e. The topological polar surface area (TPSA) is 59.9 Å². The predicted octanol–water partition coefficient (Wildman–Crippen LogP) is 0.341. The summed E-state index contributed by atoms with van der Waals surface area (Å²) in [5.41, 5.74) is 0.736. The van der Waals surface area contributed by atoms with Crippen molar-refractivity contribution < 1.29 is 15.5 Å². The monoisotopic (exact) mass is 323 g/mol. The van der Waals surface area contributed by atoms with Crippen molar-refractivity contribution in [1.82, 2.24) is 0 Å². The van der Waals surface area contributed by atoms with E-state index in [1.54, 1.807) is 12.1 Å². The van der Waals surface area contributed by atoms with E-state index in [1.807, 2.05) is 5.32 Å². The summed E-state index contributed by atoms with van der Waals surface area (Å²) < 4.78 is 1.45. The fourth-order valence-corrected chi connectivity index (χ4v) is 2.43. The number of rotatable bonds is 4. The Morgan fingerprint density at radius 1 is 1.36 bits per heavy atom. The molecule has 3 N–H and O–H groups in total. The molecule has 78 valence electrons. The molecule has 0 aromatic heterocycles. The molecule has 0 heterocycles. The van der Waals surface area contributed by atoms with Gasteiger partial charge in [-0.25, -0.2) is 0 Å². The van der Waals surface area contributed by atoms with Gasteiger partial charge in [0.25, 0.3) is 0 Å². The van der Waals surface area contributed by atoms with Gasteiger partial charge in [0.2, 0.25) is 0 Å². The van der Waals surface area contributed by atoms with E-state index in [2.05, 4.69) is 31.9 Å². The van der Waals surface area contributed by atoms with Gasteiger partial charge in [0.15, 0.2) is 0 Å². The highest BCUT2D eigenvalue weighted by Gasteiger charge is 2.02. The van der Waals surface area contributed by atoms with Crippen LogP contribution in [0, 0.1) is 0 Å². The zero-order valence-electron chi connectivity index (χ0n) is 7.46. The van der Waals surface area contributed by atoms with Crippen LogP contribution in [0.5, 0.6) is 5.75 Å². The maximum Gasteiger partial charge on any atom is 0.101 e. The number of nitrogens with two attached hydrogens (primary N) is 1. The van der Waals surface area contributed by atoms with E-state index in [1.165, 1.54) is 0 Å². The Hall–Kier alpha value is -0.100. The van der Waals surface area contributed by atoms with E-state index in [-0.39, 0.29) is 12.4 Å². The lowest BCUT2D eigenvalue weighted by Crippen LogP contribution is -2.83. The molecule has 0 saturated carbocycles. The molecule has 0 radical (unpaired) electrons. The minimum atomic E-state index is 0.0161. The Labute approximate surface area is 99.4 Å². The number of hydrogen-bond acceptors (Lipinski definition) is 2. The second kappa shape index (κ2) is 5.70. The van der Waals surface area contributed by atoms with Crippen LogP contribution in [0.4, 0.5) is 0 Å². The Bertz CT molecular complexity index is 318. The van der Waals surface area contributed by atoms with E-state index in [9.17, 15) is 5.11 Å². The van der Waals surface area contributed by atoms with Gasteiger partial charge in [0.1, 0.15) is 6.54 Å². The Morgan fingerprint density at radius 3 is 2.71 bits per heavy atom. The van der Waals surface area contributed by atoms with E-state index in [0.717, 1.165) is 10.0 Å². The standard InChI is InChI=1S/C9H11Br2NO2/c10-7-3-6(5-12-1-2-13)9(14)8(11)4-7/h3-4,12-14H,1-2,5H2. The Morgan fingerprint density at radius 2 is 2.07 bits per heavy atom. The average Bonchev–Trinajstić information content (AvgIpc) is 2.13. The molecule has 1 aromatic carbocycles. The summed E-state index contributed by atoms with van der Waals surface area (Å²) in [7, 11) is 0. The largest absolute Gasteiger partial charge is 0.871 e. The molecule has 0 amide bonds. The maximum absolute atomic E-state index is 11.6. The fraction of sp³-hybridized carbons (Fsp3) is 0.333. The molecule has 0 atom stereocenters. The first-order valence-corrected chi connectivity index (χ1v) is 5.81. The molecule has 1 rings (SSSR count). The summed E-state index contributed by atoms with van der Waals surface area (Å²) in [6, 6.07) is 3.54. The van der Waals surface area contributed by atoms with Gasteiger partial charge in [0, 0.05) is 14.5 Å². The normalized spacial score (nSPS) is 10.5. The maximum atomic E-state index is 11.6. The summed E-state index contributed by atoms with van der Waals surface area (Å²) in [5, 5.41) is 22.1. The highest BCUT2D eigenvalue weighted by Crippen LogP contribution is 2.28. The predicted molar refractivity (Wildman–Crippen MR) is 58.9 cm³/mol. The highest BCUT2D eigenvalue weighted by molar-refractivity contribution is 9.11. The number of aliphatic hydroxyl groups is 1. The van der Waals surface area contributed by atoms with Crippen molar-refractivity contribution in [2.75, 3.05) is 13.2 Å². The van der Waals surface area contributed by atoms with Crippen LogP contribution in [0.15, 0.2) is 21.1 Å². The minimum Gasteiger partial charge on any atom is -0.871 e. The van der Waals surface area contributed by atoms with Crippen LogP contribution in [-0.2, 0) is 6.54 Å². The van der Waals surface area contributed by atoms with Crippen molar-refractivity contribution in [2.24, 2.45) is 0 Å². The van der Waals surface area contributed by atoms with Gasteiger partial charge in [-0.15, -0.1) is 0 Å². The third kappa shape index (κ3) is 3.24. The molecule has 0 aliphatic heterocycles. The minimum absolute atomic E-state index is 0.0161. The summed E-state index contributed by atoms with van der Waals surface area (Å²) in [4.78, 5) is 0. The van der Waals surface area contributed by atoms with Crippen LogP contribution in [0.1, 0.15) is 5.56 Å². The zero-order valence-corrected chi connectivity index (χ0v) is 10.6. The molecule has 0 aliphatic rings. The van der Waals surface area contributed by atoms with Crippen molar-refractivity contribution in [3.8, 4) is 5.75 Å². The first-order chi connectivity index (χ1) is 6.65. The van der Waals surface area contributed by atoms with E-state index >= 15 is 0 Å². The molecule has 14 heavy (non-hydrogen) atoms. The van der Waals surface area contributed by atoms with Crippen molar-refractivity contribution in [3.05, 3.63) is 26.6 Å². The van der Waals surface area contributed by atoms with Crippen molar-refractivity contribution in [2.45, 2.75) is 6.54 Å². The molecule has 3 nitrogen and oxygen atoms in total. The van der Waals surface area contributed by atoms with Crippen LogP contribution in [-0.4, -0.2) is 18.3 Å². The van der Waals surface area contributed by atoms with Gasteiger partial charge in [-0.3, -0.25) is 0 Å². The fourth-order valence-electron chi connectivity index (χ4n) is 1.11.